The van der Waals surface area contributed by atoms with E-state index in [1.807, 2.05) is 18.3 Å². The second-order valence-electron chi connectivity index (χ2n) is 6.50. The molecule has 3 N–H and O–H groups in total. The SMILES string of the molecule is O=C(O)C(F)(F)F.c1coc(CNc2ncc3c(n2)C2(CCNC2)COC3)c1. The molecule has 1 saturated heterocycles. The molecule has 1 unspecified atom stereocenters. The van der Waals surface area contributed by atoms with Crippen molar-refractivity contribution in [2.45, 2.75) is 31.2 Å². The molecule has 0 amide bonds. The molecule has 2 aliphatic heterocycles. The summed E-state index contributed by atoms with van der Waals surface area (Å²) in [5.41, 5.74) is 2.25. The van der Waals surface area contributed by atoms with Gasteiger partial charge in [-0.2, -0.15) is 13.2 Å². The zero-order valence-corrected chi connectivity index (χ0v) is 14.8. The fourth-order valence-corrected chi connectivity index (χ4v) is 3.13. The van der Waals surface area contributed by atoms with Crippen LogP contribution in [0, 0.1) is 0 Å². The highest BCUT2D eigenvalue weighted by Crippen LogP contribution is 2.36. The number of carboxylic acids is 1. The normalized spacial score (nSPS) is 21.0. The lowest BCUT2D eigenvalue weighted by molar-refractivity contribution is -0.192. The molecule has 4 heterocycles. The van der Waals surface area contributed by atoms with Gasteiger partial charge in [0.1, 0.15) is 5.76 Å². The number of hydrogen-bond donors (Lipinski definition) is 3. The van der Waals surface area contributed by atoms with Gasteiger partial charge in [-0.1, -0.05) is 0 Å². The first-order valence-corrected chi connectivity index (χ1v) is 8.51. The van der Waals surface area contributed by atoms with Crippen molar-refractivity contribution in [1.29, 1.82) is 0 Å². The molecule has 2 aromatic heterocycles. The number of anilines is 1. The van der Waals surface area contributed by atoms with Gasteiger partial charge in [-0.3, -0.25) is 0 Å². The summed E-state index contributed by atoms with van der Waals surface area (Å²) in [5, 5.41) is 13.8. The zero-order chi connectivity index (χ0) is 20.2. The van der Waals surface area contributed by atoms with Crippen LogP contribution in [-0.2, 0) is 28.1 Å². The average molecular weight is 400 g/mol. The van der Waals surface area contributed by atoms with E-state index in [9.17, 15) is 13.2 Å². The van der Waals surface area contributed by atoms with Crippen molar-refractivity contribution >= 4 is 11.9 Å². The first-order chi connectivity index (χ1) is 13.3. The number of nitrogens with one attached hydrogen (secondary N) is 2. The Morgan fingerprint density at radius 2 is 2.21 bits per heavy atom. The van der Waals surface area contributed by atoms with Gasteiger partial charge in [0, 0.05) is 18.3 Å². The minimum Gasteiger partial charge on any atom is -0.475 e. The number of fused-ring (bicyclic) bond motifs is 2. The van der Waals surface area contributed by atoms with E-state index in [0.29, 0.717) is 19.1 Å². The van der Waals surface area contributed by atoms with Crippen LogP contribution in [0.2, 0.25) is 0 Å². The Hall–Kier alpha value is -2.66. The molecule has 4 rings (SSSR count). The van der Waals surface area contributed by atoms with Crippen molar-refractivity contribution in [3.05, 3.63) is 41.6 Å². The van der Waals surface area contributed by atoms with E-state index in [1.54, 1.807) is 6.26 Å². The summed E-state index contributed by atoms with van der Waals surface area (Å²) in [6.45, 7) is 3.88. The van der Waals surface area contributed by atoms with Crippen molar-refractivity contribution in [2.75, 3.05) is 25.0 Å². The Morgan fingerprint density at radius 1 is 1.43 bits per heavy atom. The van der Waals surface area contributed by atoms with Crippen LogP contribution in [0.5, 0.6) is 0 Å². The van der Waals surface area contributed by atoms with Crippen LogP contribution in [0.1, 0.15) is 23.4 Å². The van der Waals surface area contributed by atoms with Gasteiger partial charge in [-0.25, -0.2) is 14.8 Å². The lowest BCUT2D eigenvalue weighted by Gasteiger charge is -2.33. The summed E-state index contributed by atoms with van der Waals surface area (Å²) in [6.07, 6.45) is -0.470. The molecule has 0 aliphatic carbocycles. The van der Waals surface area contributed by atoms with Gasteiger partial charge in [-0.15, -0.1) is 0 Å². The summed E-state index contributed by atoms with van der Waals surface area (Å²) >= 11 is 0. The molecular formula is C17H19F3N4O4. The molecule has 8 nitrogen and oxygen atoms in total. The smallest absolute Gasteiger partial charge is 0.475 e. The maximum Gasteiger partial charge on any atom is 0.490 e. The van der Waals surface area contributed by atoms with E-state index in [2.05, 4.69) is 15.6 Å². The fraction of sp³-hybridized carbons (Fsp3) is 0.471. The lowest BCUT2D eigenvalue weighted by atomic mass is 9.81. The van der Waals surface area contributed by atoms with Gasteiger partial charge >= 0.3 is 12.1 Å². The van der Waals surface area contributed by atoms with Crippen LogP contribution in [-0.4, -0.2) is 46.9 Å². The van der Waals surface area contributed by atoms with E-state index in [-0.39, 0.29) is 5.41 Å². The van der Waals surface area contributed by atoms with Gasteiger partial charge in [-0.05, 0) is 25.1 Å². The van der Waals surface area contributed by atoms with Gasteiger partial charge in [0.2, 0.25) is 5.95 Å². The first kappa shape index (κ1) is 20.1. The van der Waals surface area contributed by atoms with Crippen molar-refractivity contribution in [3.63, 3.8) is 0 Å². The summed E-state index contributed by atoms with van der Waals surface area (Å²) in [4.78, 5) is 18.0. The van der Waals surface area contributed by atoms with E-state index >= 15 is 0 Å². The van der Waals surface area contributed by atoms with Crippen LogP contribution < -0.4 is 10.6 Å². The molecule has 0 bridgehead atoms. The van der Waals surface area contributed by atoms with Crippen molar-refractivity contribution in [1.82, 2.24) is 15.3 Å². The molecule has 11 heteroatoms. The maximum atomic E-state index is 10.6. The molecule has 1 spiro atoms. The van der Waals surface area contributed by atoms with Crippen molar-refractivity contribution in [3.8, 4) is 0 Å². The number of aromatic nitrogens is 2. The van der Waals surface area contributed by atoms with Gasteiger partial charge < -0.3 is 24.9 Å². The number of alkyl halides is 3. The van der Waals surface area contributed by atoms with Gasteiger partial charge in [0.25, 0.3) is 0 Å². The molecular weight excluding hydrogens is 381 g/mol. The number of carboxylic acid groups (broad SMARTS) is 1. The minimum atomic E-state index is -5.08. The fourth-order valence-electron chi connectivity index (χ4n) is 3.13. The molecule has 0 saturated carbocycles. The molecule has 1 atom stereocenters. The second kappa shape index (κ2) is 8.15. The van der Waals surface area contributed by atoms with Crippen molar-refractivity contribution in [2.24, 2.45) is 0 Å². The summed E-state index contributed by atoms with van der Waals surface area (Å²) in [6, 6.07) is 3.81. The van der Waals surface area contributed by atoms with Crippen molar-refractivity contribution < 1.29 is 32.2 Å². The number of aliphatic carboxylic acids is 1. The van der Waals surface area contributed by atoms with Crippen LogP contribution in [0.4, 0.5) is 19.1 Å². The Morgan fingerprint density at radius 3 is 2.82 bits per heavy atom. The third-order valence-electron chi connectivity index (χ3n) is 4.49. The van der Waals surface area contributed by atoms with Gasteiger partial charge in [0.15, 0.2) is 0 Å². The summed E-state index contributed by atoms with van der Waals surface area (Å²) < 4.78 is 42.8. The third-order valence-corrected chi connectivity index (χ3v) is 4.49. The minimum absolute atomic E-state index is 0.0115. The Balaban J connectivity index is 0.000000279. The molecule has 152 valence electrons. The van der Waals surface area contributed by atoms with Crippen LogP contribution in [0.15, 0.2) is 29.0 Å². The highest BCUT2D eigenvalue weighted by atomic mass is 19.4. The Labute approximate surface area is 158 Å². The number of rotatable bonds is 3. The standard InChI is InChI=1S/C15H18N4O2.C2HF3O2/c1-2-12(21-5-1)7-18-14-17-6-11-8-20-10-15(13(11)19-14)3-4-16-9-15;3-2(4,5)1(6)7/h1-2,5-6,16H,3-4,7-10H2,(H,17,18,19);(H,6,7). The summed E-state index contributed by atoms with van der Waals surface area (Å²) in [5.74, 6) is -1.23. The number of nitrogens with zero attached hydrogens (tertiary/aromatic N) is 2. The number of ether oxygens (including phenoxy) is 1. The predicted octanol–water partition coefficient (Wildman–Crippen LogP) is 2.08. The summed E-state index contributed by atoms with van der Waals surface area (Å²) in [7, 11) is 0. The van der Waals surface area contributed by atoms with E-state index in [1.165, 1.54) is 0 Å². The second-order valence-corrected chi connectivity index (χ2v) is 6.50. The van der Waals surface area contributed by atoms with E-state index < -0.39 is 12.1 Å². The number of halogens is 3. The third kappa shape index (κ3) is 4.60. The number of carbonyl (C=O) groups is 1. The maximum absolute atomic E-state index is 10.6. The zero-order valence-electron chi connectivity index (χ0n) is 14.8. The first-order valence-electron chi connectivity index (χ1n) is 8.51. The molecule has 2 aromatic rings. The highest BCUT2D eigenvalue weighted by molar-refractivity contribution is 5.73. The lowest BCUT2D eigenvalue weighted by Crippen LogP contribution is -2.39. The molecule has 1 fully saturated rings. The predicted molar refractivity (Wildman–Crippen MR) is 90.6 cm³/mol. The molecule has 0 radical (unpaired) electrons. The molecule has 0 aromatic carbocycles. The average Bonchev–Trinajstić information content (AvgIpc) is 3.33. The Bertz CT molecular complexity index is 805. The largest absolute Gasteiger partial charge is 0.490 e. The van der Waals surface area contributed by atoms with Crippen LogP contribution in [0.3, 0.4) is 0 Å². The highest BCUT2D eigenvalue weighted by Gasteiger charge is 2.42. The monoisotopic (exact) mass is 400 g/mol. The van der Waals surface area contributed by atoms with Crippen LogP contribution in [0.25, 0.3) is 0 Å². The number of hydrogen-bond acceptors (Lipinski definition) is 7. The quantitative estimate of drug-likeness (QED) is 0.719. The van der Waals surface area contributed by atoms with E-state index in [0.717, 1.165) is 43.1 Å². The van der Waals surface area contributed by atoms with Crippen LogP contribution >= 0.6 is 0 Å². The van der Waals surface area contributed by atoms with E-state index in [4.69, 9.17) is 24.0 Å². The molecule has 28 heavy (non-hydrogen) atoms. The Kier molecular flexibility index (Phi) is 5.84. The van der Waals surface area contributed by atoms with Gasteiger partial charge in [0.05, 0.1) is 37.1 Å². The molecule has 2 aliphatic rings. The topological polar surface area (TPSA) is 110 Å². The number of furan rings is 1.